The van der Waals surface area contributed by atoms with Crippen LogP contribution < -0.4 is 9.05 Å². The van der Waals surface area contributed by atoms with Crippen LogP contribution in [0.3, 0.4) is 0 Å². The number of hydrogen-bond acceptors (Lipinski definition) is 4. The Balaban J connectivity index is 1.86. The van der Waals surface area contributed by atoms with E-state index in [1.54, 1.807) is 11.4 Å². The molecule has 158 valence electrons. The van der Waals surface area contributed by atoms with Crippen LogP contribution in [0.25, 0.3) is 0 Å². The summed E-state index contributed by atoms with van der Waals surface area (Å²) in [5.74, 6) is 3.13. The van der Waals surface area contributed by atoms with Crippen molar-refractivity contribution < 1.29 is 9.05 Å². The molecule has 0 aliphatic rings. The standard InChI is InChI=1S/C25H29O2PS2/c1-19(2)22-12-8-14-24(16-22)26-28(29,30-18-21-10-6-5-7-11-21)27-25-15-9-13-23(17-25)20(3)4/h5-17,19-20H,18H2,1-4H3. The summed E-state index contributed by atoms with van der Waals surface area (Å²) in [4.78, 5) is 0. The van der Waals surface area contributed by atoms with E-state index in [0.29, 0.717) is 11.8 Å². The fourth-order valence-corrected chi connectivity index (χ4v) is 7.05. The zero-order valence-corrected chi connectivity index (χ0v) is 20.5. The van der Waals surface area contributed by atoms with Crippen molar-refractivity contribution in [1.29, 1.82) is 0 Å². The topological polar surface area (TPSA) is 18.5 Å². The van der Waals surface area contributed by atoms with Crippen LogP contribution in [-0.4, -0.2) is 0 Å². The summed E-state index contributed by atoms with van der Waals surface area (Å²) in [5, 5.41) is 0. The lowest BCUT2D eigenvalue weighted by molar-refractivity contribution is 0.505. The predicted octanol–water partition coefficient (Wildman–Crippen LogP) is 8.55. The zero-order chi connectivity index (χ0) is 21.6. The summed E-state index contributed by atoms with van der Waals surface area (Å²) >= 11 is 7.59. The average molecular weight is 457 g/mol. The third-order valence-corrected chi connectivity index (χ3v) is 9.54. The summed E-state index contributed by atoms with van der Waals surface area (Å²) in [6.07, 6.45) is 0. The molecule has 0 saturated heterocycles. The van der Waals surface area contributed by atoms with Gasteiger partial charge in [-0.15, -0.1) is 0 Å². The van der Waals surface area contributed by atoms with Crippen LogP contribution in [0.15, 0.2) is 78.9 Å². The third kappa shape index (κ3) is 6.63. The van der Waals surface area contributed by atoms with Gasteiger partial charge in [0.2, 0.25) is 0 Å². The average Bonchev–Trinajstić information content (AvgIpc) is 2.73. The van der Waals surface area contributed by atoms with Crippen molar-refractivity contribution in [2.75, 3.05) is 0 Å². The van der Waals surface area contributed by atoms with E-state index in [4.69, 9.17) is 20.9 Å². The molecule has 0 unspecified atom stereocenters. The first kappa shape index (κ1) is 22.9. The second-order valence-electron chi connectivity index (χ2n) is 7.84. The quantitative estimate of drug-likeness (QED) is 0.300. The Kier molecular flexibility index (Phi) is 8.05. The summed E-state index contributed by atoms with van der Waals surface area (Å²) < 4.78 is 12.8. The van der Waals surface area contributed by atoms with Gasteiger partial charge in [0, 0.05) is 5.75 Å². The number of rotatable bonds is 9. The van der Waals surface area contributed by atoms with Crippen molar-refractivity contribution in [3.63, 3.8) is 0 Å². The van der Waals surface area contributed by atoms with Gasteiger partial charge >= 0.3 is 5.69 Å². The highest BCUT2D eigenvalue weighted by molar-refractivity contribution is 8.67. The van der Waals surface area contributed by atoms with E-state index in [1.807, 2.05) is 42.5 Å². The Hall–Kier alpha value is -1.74. The van der Waals surface area contributed by atoms with E-state index in [0.717, 1.165) is 17.3 Å². The molecule has 0 amide bonds. The summed E-state index contributed by atoms with van der Waals surface area (Å²) in [6.45, 7) is 8.70. The van der Waals surface area contributed by atoms with Gasteiger partial charge < -0.3 is 9.05 Å². The van der Waals surface area contributed by atoms with Crippen molar-refractivity contribution in [1.82, 2.24) is 0 Å². The van der Waals surface area contributed by atoms with Crippen LogP contribution >= 0.6 is 17.1 Å². The summed E-state index contributed by atoms with van der Waals surface area (Å²) in [7, 11) is 0. The van der Waals surface area contributed by atoms with Crippen LogP contribution in [0.5, 0.6) is 11.5 Å². The van der Waals surface area contributed by atoms with Gasteiger partial charge in [0.25, 0.3) is 0 Å². The zero-order valence-electron chi connectivity index (χ0n) is 17.9. The van der Waals surface area contributed by atoms with Gasteiger partial charge in [-0.2, -0.15) is 0 Å². The van der Waals surface area contributed by atoms with Crippen molar-refractivity contribution in [3.8, 4) is 11.5 Å². The van der Waals surface area contributed by atoms with Crippen LogP contribution in [-0.2, 0) is 17.6 Å². The van der Waals surface area contributed by atoms with Crippen LogP contribution in [0.1, 0.15) is 56.2 Å². The van der Waals surface area contributed by atoms with Gasteiger partial charge in [-0.05, 0) is 76.0 Å². The van der Waals surface area contributed by atoms with Crippen molar-refractivity contribution in [2.45, 2.75) is 45.3 Å². The van der Waals surface area contributed by atoms with Crippen molar-refractivity contribution >= 4 is 28.9 Å². The molecule has 0 bridgehead atoms. The Bertz CT molecular complexity index is 945. The predicted molar refractivity (Wildman–Crippen MR) is 134 cm³/mol. The smallest absolute Gasteiger partial charge is 0.348 e. The second-order valence-corrected chi connectivity index (χ2v) is 14.0. The first-order valence-electron chi connectivity index (χ1n) is 10.2. The SMILES string of the molecule is CC(C)c1cccc(OP(=S)(Oc2cccc(C(C)C)c2)SCc2ccccc2)c1. The molecule has 0 radical (unpaired) electrons. The molecule has 5 heteroatoms. The molecule has 0 aliphatic carbocycles. The van der Waals surface area contributed by atoms with Gasteiger partial charge in [0.05, 0.1) is 0 Å². The largest absolute Gasteiger partial charge is 0.428 e. The summed E-state index contributed by atoms with van der Waals surface area (Å²) in [6, 6.07) is 26.6. The van der Waals surface area contributed by atoms with E-state index in [1.165, 1.54) is 16.7 Å². The Morgan fingerprint density at radius 1 is 0.733 bits per heavy atom. The van der Waals surface area contributed by atoms with Crippen molar-refractivity contribution in [2.24, 2.45) is 0 Å². The third-order valence-electron chi connectivity index (χ3n) is 4.72. The molecule has 0 N–H and O–H groups in total. The lowest BCUT2D eigenvalue weighted by Crippen LogP contribution is -2.00. The maximum Gasteiger partial charge on any atom is 0.348 e. The highest BCUT2D eigenvalue weighted by atomic mass is 32.9. The molecule has 0 saturated carbocycles. The second kappa shape index (κ2) is 10.5. The molecule has 0 fully saturated rings. The number of benzene rings is 3. The highest BCUT2D eigenvalue weighted by Crippen LogP contribution is 2.61. The van der Waals surface area contributed by atoms with Crippen LogP contribution in [0, 0.1) is 0 Å². The molecule has 0 aromatic heterocycles. The van der Waals surface area contributed by atoms with Gasteiger partial charge in [-0.25, -0.2) is 0 Å². The summed E-state index contributed by atoms with van der Waals surface area (Å²) in [5.41, 5.74) is 0.977. The number of hydrogen-bond donors (Lipinski definition) is 0. The van der Waals surface area contributed by atoms with Gasteiger partial charge in [0.1, 0.15) is 11.5 Å². The molecule has 3 aromatic carbocycles. The molecule has 3 rings (SSSR count). The van der Waals surface area contributed by atoms with Gasteiger partial charge in [-0.3, -0.25) is 0 Å². The minimum absolute atomic E-state index is 0.423. The first-order valence-corrected chi connectivity index (χ1v) is 14.4. The van der Waals surface area contributed by atoms with E-state index >= 15 is 0 Å². The fraction of sp³-hybridized carbons (Fsp3) is 0.280. The molecule has 0 aliphatic heterocycles. The lowest BCUT2D eigenvalue weighted by Gasteiger charge is -2.24. The maximum atomic E-state index is 6.39. The molecule has 3 aromatic rings. The first-order chi connectivity index (χ1) is 14.3. The van der Waals surface area contributed by atoms with Gasteiger partial charge in [0.15, 0.2) is 0 Å². The lowest BCUT2D eigenvalue weighted by atomic mass is 10.0. The monoisotopic (exact) mass is 456 g/mol. The Morgan fingerprint density at radius 2 is 1.23 bits per heavy atom. The highest BCUT2D eigenvalue weighted by Gasteiger charge is 2.25. The van der Waals surface area contributed by atoms with Crippen LogP contribution in [0.2, 0.25) is 0 Å². The van der Waals surface area contributed by atoms with E-state index in [-0.39, 0.29) is 0 Å². The fourth-order valence-electron chi connectivity index (χ4n) is 2.92. The normalized spacial score (nSPS) is 11.7. The van der Waals surface area contributed by atoms with Crippen LogP contribution in [0.4, 0.5) is 0 Å². The molecule has 0 spiro atoms. The van der Waals surface area contributed by atoms with Crippen molar-refractivity contribution in [3.05, 3.63) is 95.6 Å². The minimum Gasteiger partial charge on any atom is -0.428 e. The maximum absolute atomic E-state index is 6.39. The molecular formula is C25H29O2PS2. The molecule has 0 heterocycles. The van der Waals surface area contributed by atoms with E-state index < -0.39 is 5.69 Å². The Morgan fingerprint density at radius 3 is 1.70 bits per heavy atom. The molecule has 2 nitrogen and oxygen atoms in total. The van der Waals surface area contributed by atoms with E-state index in [9.17, 15) is 0 Å². The minimum atomic E-state index is -2.68. The van der Waals surface area contributed by atoms with E-state index in [2.05, 4.69) is 64.1 Å². The Labute approximate surface area is 189 Å². The molecule has 30 heavy (non-hydrogen) atoms. The van der Waals surface area contributed by atoms with Gasteiger partial charge in [-0.1, -0.05) is 82.3 Å². The molecular weight excluding hydrogens is 427 g/mol. The molecule has 0 atom stereocenters.